The summed E-state index contributed by atoms with van der Waals surface area (Å²) in [6, 6.07) is 15.7. The van der Waals surface area contributed by atoms with Gasteiger partial charge in [0.25, 0.3) is 0 Å². The Morgan fingerprint density at radius 2 is 1.84 bits per heavy atom. The molecule has 8 nitrogen and oxygen atoms in total. The number of benzene rings is 2. The van der Waals surface area contributed by atoms with Crippen LogP contribution in [0.2, 0.25) is 0 Å². The Balaban J connectivity index is 1.18. The zero-order valence-corrected chi connectivity index (χ0v) is 21.2. The highest BCUT2D eigenvalue weighted by molar-refractivity contribution is 5.89. The van der Waals surface area contributed by atoms with E-state index in [1.165, 1.54) is 12.0 Å². The van der Waals surface area contributed by atoms with Gasteiger partial charge in [-0.15, -0.1) is 0 Å². The fourth-order valence-corrected chi connectivity index (χ4v) is 5.84. The molecule has 3 aliphatic rings. The molecule has 2 heterocycles. The average Bonchev–Trinajstić information content (AvgIpc) is 3.27. The van der Waals surface area contributed by atoms with Crippen LogP contribution in [0.5, 0.6) is 5.75 Å². The Morgan fingerprint density at radius 3 is 2.62 bits per heavy atom. The van der Waals surface area contributed by atoms with Gasteiger partial charge in [-0.1, -0.05) is 49.6 Å². The molecule has 0 radical (unpaired) electrons. The molecule has 4 N–H and O–H groups in total. The zero-order chi connectivity index (χ0) is 25.6. The van der Waals surface area contributed by atoms with Gasteiger partial charge in [0.05, 0.1) is 19.1 Å². The first-order chi connectivity index (χ1) is 18.1. The fraction of sp³-hybridized carbons (Fsp3) is 0.517. The third kappa shape index (κ3) is 6.43. The van der Waals surface area contributed by atoms with E-state index in [4.69, 9.17) is 9.47 Å². The number of ether oxygens (including phenoxy) is 2. The second-order valence-electron chi connectivity index (χ2n) is 10.4. The molecule has 5 rings (SSSR count). The van der Waals surface area contributed by atoms with Crippen LogP contribution >= 0.6 is 0 Å². The molecule has 198 valence electrons. The molecular formula is C29H37N3O5. The van der Waals surface area contributed by atoms with E-state index in [2.05, 4.69) is 16.0 Å². The summed E-state index contributed by atoms with van der Waals surface area (Å²) < 4.78 is 12.2. The number of carbonyl (C=O) groups is 2. The van der Waals surface area contributed by atoms with Gasteiger partial charge in [-0.3, -0.25) is 4.79 Å². The van der Waals surface area contributed by atoms with E-state index >= 15 is 0 Å². The van der Waals surface area contributed by atoms with E-state index in [0.29, 0.717) is 18.7 Å². The molecule has 0 aromatic heterocycles. The standard InChI is InChI=1S/C29H37N3O5/c33-18-26-28-24(16-22(36-26)17-27(34)30-14-13-19-7-3-1-4-8-19)23-15-21(11-12-25(23)37-28)32-29(35)31-20-9-5-2-6-10-20/h1,3-4,7-8,11-12,15,20,22,24,26,28,33H,2,5-6,9-10,13-14,16-18H2,(H,30,34)(H2,31,32,35)/t22-,24-,26+,28+/m0/s1. The summed E-state index contributed by atoms with van der Waals surface area (Å²) in [5, 5.41) is 19.0. The van der Waals surface area contributed by atoms with Crippen molar-refractivity contribution >= 4 is 17.6 Å². The van der Waals surface area contributed by atoms with Crippen LogP contribution in [0.3, 0.4) is 0 Å². The minimum Gasteiger partial charge on any atom is -0.487 e. The van der Waals surface area contributed by atoms with Crippen LogP contribution in [0.25, 0.3) is 0 Å². The minimum absolute atomic E-state index is 0.0221. The molecule has 1 saturated heterocycles. The van der Waals surface area contributed by atoms with Crippen molar-refractivity contribution in [2.24, 2.45) is 0 Å². The first-order valence-electron chi connectivity index (χ1n) is 13.5. The highest BCUT2D eigenvalue weighted by Crippen LogP contribution is 2.47. The van der Waals surface area contributed by atoms with E-state index < -0.39 is 6.10 Å². The number of hydrogen-bond donors (Lipinski definition) is 4. The van der Waals surface area contributed by atoms with E-state index in [1.54, 1.807) is 0 Å². The number of urea groups is 1. The van der Waals surface area contributed by atoms with Gasteiger partial charge in [-0.2, -0.15) is 0 Å². The van der Waals surface area contributed by atoms with E-state index in [9.17, 15) is 14.7 Å². The normalized spacial score (nSPS) is 24.9. The number of aliphatic hydroxyl groups is 1. The van der Waals surface area contributed by atoms with E-state index in [-0.39, 0.29) is 49.1 Å². The molecule has 0 unspecified atom stereocenters. The molecule has 1 aliphatic carbocycles. The van der Waals surface area contributed by atoms with Crippen molar-refractivity contribution in [2.75, 3.05) is 18.5 Å². The summed E-state index contributed by atoms with van der Waals surface area (Å²) in [6.45, 7) is 0.380. The Morgan fingerprint density at radius 1 is 1.03 bits per heavy atom. The van der Waals surface area contributed by atoms with Crippen LogP contribution in [-0.4, -0.2) is 54.6 Å². The smallest absolute Gasteiger partial charge is 0.319 e. The maximum atomic E-state index is 12.6. The molecule has 2 aliphatic heterocycles. The van der Waals surface area contributed by atoms with Gasteiger partial charge >= 0.3 is 6.03 Å². The molecular weight excluding hydrogens is 470 g/mol. The lowest BCUT2D eigenvalue weighted by Gasteiger charge is -2.37. The Labute approximate surface area is 218 Å². The molecule has 1 saturated carbocycles. The van der Waals surface area contributed by atoms with Crippen molar-refractivity contribution in [3.8, 4) is 5.75 Å². The summed E-state index contributed by atoms with van der Waals surface area (Å²) in [7, 11) is 0. The molecule has 8 heteroatoms. The lowest BCUT2D eigenvalue weighted by molar-refractivity contribution is -0.142. The van der Waals surface area contributed by atoms with Crippen LogP contribution in [0.1, 0.15) is 62.0 Å². The van der Waals surface area contributed by atoms with Gasteiger partial charge in [0.2, 0.25) is 5.91 Å². The van der Waals surface area contributed by atoms with Gasteiger partial charge in [0, 0.05) is 29.8 Å². The van der Waals surface area contributed by atoms with E-state index in [1.807, 2.05) is 48.5 Å². The summed E-state index contributed by atoms with van der Waals surface area (Å²) >= 11 is 0. The molecule has 0 spiro atoms. The van der Waals surface area contributed by atoms with Gasteiger partial charge in [0.1, 0.15) is 18.0 Å². The van der Waals surface area contributed by atoms with E-state index in [0.717, 1.165) is 43.4 Å². The summed E-state index contributed by atoms with van der Waals surface area (Å²) in [6.07, 6.45) is 6.06. The largest absolute Gasteiger partial charge is 0.487 e. The fourth-order valence-electron chi connectivity index (χ4n) is 5.84. The van der Waals surface area contributed by atoms with Crippen molar-refractivity contribution in [1.29, 1.82) is 0 Å². The highest BCUT2D eigenvalue weighted by Gasteiger charge is 2.46. The maximum Gasteiger partial charge on any atom is 0.319 e. The Bertz CT molecular complexity index is 1070. The third-order valence-electron chi connectivity index (χ3n) is 7.69. The lowest BCUT2D eigenvalue weighted by Crippen LogP contribution is -2.47. The third-order valence-corrected chi connectivity index (χ3v) is 7.69. The molecule has 3 amide bonds. The topological polar surface area (TPSA) is 109 Å². The molecule has 2 aromatic carbocycles. The van der Waals surface area contributed by atoms with Crippen molar-refractivity contribution in [3.05, 3.63) is 59.7 Å². The van der Waals surface area contributed by atoms with Crippen LogP contribution in [0, 0.1) is 0 Å². The maximum absolute atomic E-state index is 12.6. The first-order valence-corrected chi connectivity index (χ1v) is 13.5. The SMILES string of the molecule is O=C(C[C@@H]1C[C@H]2c3cc(NC(=O)NC4CCCCC4)ccc3O[C@H]2[C@@H](CO)O1)NCCc1ccccc1. The number of carbonyl (C=O) groups excluding carboxylic acids is 2. The van der Waals surface area contributed by atoms with Gasteiger partial charge in [-0.05, 0) is 49.4 Å². The number of nitrogens with one attached hydrogen (secondary N) is 3. The number of hydrogen-bond acceptors (Lipinski definition) is 5. The second-order valence-corrected chi connectivity index (χ2v) is 10.4. The second kappa shape index (κ2) is 12.0. The minimum atomic E-state index is -0.515. The van der Waals surface area contributed by atoms with Crippen LogP contribution < -0.4 is 20.7 Å². The predicted molar refractivity (Wildman–Crippen MR) is 141 cm³/mol. The van der Waals surface area contributed by atoms with Crippen molar-refractivity contribution < 1.29 is 24.2 Å². The summed E-state index contributed by atoms with van der Waals surface area (Å²) in [5.74, 6) is 0.652. The van der Waals surface area contributed by atoms with Gasteiger partial charge < -0.3 is 30.5 Å². The predicted octanol–water partition coefficient (Wildman–Crippen LogP) is 3.88. The van der Waals surface area contributed by atoms with Crippen molar-refractivity contribution in [3.63, 3.8) is 0 Å². The molecule has 2 aromatic rings. The number of aliphatic hydroxyl groups excluding tert-OH is 1. The number of amides is 3. The molecule has 0 bridgehead atoms. The monoisotopic (exact) mass is 507 g/mol. The molecule has 2 fully saturated rings. The number of anilines is 1. The first kappa shape index (κ1) is 25.5. The van der Waals surface area contributed by atoms with Crippen molar-refractivity contribution in [2.45, 2.75) is 81.6 Å². The van der Waals surface area contributed by atoms with Crippen molar-refractivity contribution in [1.82, 2.24) is 10.6 Å². The van der Waals surface area contributed by atoms with Crippen LogP contribution in [0.15, 0.2) is 48.5 Å². The quantitative estimate of drug-likeness (QED) is 0.434. The average molecular weight is 508 g/mol. The highest BCUT2D eigenvalue weighted by atomic mass is 16.6. The summed E-state index contributed by atoms with van der Waals surface area (Å²) in [4.78, 5) is 25.2. The Hall–Kier alpha value is -3.10. The van der Waals surface area contributed by atoms with Crippen LogP contribution in [0.4, 0.5) is 10.5 Å². The van der Waals surface area contributed by atoms with Gasteiger partial charge in [0.15, 0.2) is 0 Å². The Kier molecular flexibility index (Phi) is 8.26. The van der Waals surface area contributed by atoms with Gasteiger partial charge in [-0.25, -0.2) is 4.79 Å². The molecule has 4 atom stereocenters. The molecule has 37 heavy (non-hydrogen) atoms. The van der Waals surface area contributed by atoms with Crippen LogP contribution in [-0.2, 0) is 16.0 Å². The summed E-state index contributed by atoms with van der Waals surface area (Å²) in [5.41, 5.74) is 2.87. The number of rotatable bonds is 8. The zero-order valence-electron chi connectivity index (χ0n) is 21.2. The lowest BCUT2D eigenvalue weighted by atomic mass is 9.84. The number of fused-ring (bicyclic) bond motifs is 3.